The maximum atomic E-state index is 11.0. The second kappa shape index (κ2) is 4.26. The second-order valence-electron chi connectivity index (χ2n) is 3.79. The van der Waals surface area contributed by atoms with Crippen LogP contribution in [-0.2, 0) is 0 Å². The van der Waals surface area contributed by atoms with E-state index in [-0.39, 0.29) is 10.7 Å². The average Bonchev–Trinajstić information content (AvgIpc) is 2.67. The van der Waals surface area contributed by atoms with Gasteiger partial charge < -0.3 is 10.2 Å². The first-order chi connectivity index (χ1) is 8.43. The lowest BCUT2D eigenvalue weighted by Gasteiger charge is -2.12. The number of carbonyl (C=O) groups is 2. The van der Waals surface area contributed by atoms with Crippen molar-refractivity contribution in [3.63, 3.8) is 0 Å². The van der Waals surface area contributed by atoms with Gasteiger partial charge in [-0.3, -0.25) is 0 Å². The van der Waals surface area contributed by atoms with Crippen LogP contribution in [-0.4, -0.2) is 26.8 Å². The fourth-order valence-corrected chi connectivity index (χ4v) is 2.52. The Labute approximate surface area is 106 Å². The highest BCUT2D eigenvalue weighted by Gasteiger charge is 2.27. The van der Waals surface area contributed by atoms with Crippen LogP contribution < -0.4 is 4.90 Å². The number of aryl methyl sites for hydroxylation is 2. The molecule has 6 nitrogen and oxygen atoms in total. The van der Waals surface area contributed by atoms with E-state index in [1.165, 1.54) is 0 Å². The number of rotatable bonds is 1. The van der Waals surface area contributed by atoms with Gasteiger partial charge >= 0.3 is 12.2 Å². The Bertz CT molecular complexity index is 636. The first-order valence-corrected chi connectivity index (χ1v) is 5.82. The van der Waals surface area contributed by atoms with Gasteiger partial charge in [-0.2, -0.15) is 9.27 Å². The Morgan fingerprint density at radius 1 is 1.22 bits per heavy atom. The molecule has 0 bridgehead atoms. The van der Waals surface area contributed by atoms with Crippen LogP contribution >= 0.6 is 11.5 Å². The van der Waals surface area contributed by atoms with Gasteiger partial charge in [0, 0.05) is 5.39 Å². The van der Waals surface area contributed by atoms with Crippen molar-refractivity contribution in [1.29, 1.82) is 0 Å². The first-order valence-electron chi connectivity index (χ1n) is 5.05. The third-order valence-corrected chi connectivity index (χ3v) is 3.55. The third kappa shape index (κ3) is 1.78. The number of aromatic nitrogens is 1. The number of nitrogens with zero attached hydrogens (tertiary/aromatic N) is 2. The van der Waals surface area contributed by atoms with Gasteiger partial charge in [-0.25, -0.2) is 9.59 Å². The topological polar surface area (TPSA) is 90.7 Å². The molecule has 0 aliphatic heterocycles. The molecule has 7 heteroatoms. The predicted octanol–water partition coefficient (Wildman–Crippen LogP) is 3.08. The van der Waals surface area contributed by atoms with Gasteiger partial charge in [0.2, 0.25) is 0 Å². The molecule has 94 valence electrons. The molecule has 1 aromatic carbocycles. The Morgan fingerprint density at radius 3 is 2.39 bits per heavy atom. The molecule has 0 saturated heterocycles. The summed E-state index contributed by atoms with van der Waals surface area (Å²) in [5.41, 5.74) is 1.79. The number of amides is 2. The molecule has 0 unspecified atom stereocenters. The van der Waals surface area contributed by atoms with Crippen LogP contribution in [0.1, 0.15) is 11.1 Å². The number of hydrogen-bond acceptors (Lipinski definition) is 4. The lowest BCUT2D eigenvalue weighted by molar-refractivity contribution is 0.184. The molecule has 0 spiro atoms. The maximum Gasteiger partial charge on any atom is 0.422 e. The van der Waals surface area contributed by atoms with E-state index in [0.29, 0.717) is 5.39 Å². The highest BCUT2D eigenvalue weighted by molar-refractivity contribution is 7.13. The number of anilines is 1. The van der Waals surface area contributed by atoms with Gasteiger partial charge in [0.15, 0.2) is 5.82 Å². The summed E-state index contributed by atoms with van der Waals surface area (Å²) in [6, 6.07) is 3.70. The molecule has 2 aromatic rings. The SMILES string of the molecule is Cc1ccc2snc(N(C(=O)O)C(=O)O)c2c1C. The zero-order valence-corrected chi connectivity index (χ0v) is 10.5. The van der Waals surface area contributed by atoms with Crippen molar-refractivity contribution < 1.29 is 19.8 Å². The molecular weight excluding hydrogens is 256 g/mol. The van der Waals surface area contributed by atoms with E-state index < -0.39 is 12.2 Å². The highest BCUT2D eigenvalue weighted by atomic mass is 32.1. The quantitative estimate of drug-likeness (QED) is 0.827. The van der Waals surface area contributed by atoms with Gasteiger partial charge in [-0.05, 0) is 42.6 Å². The first kappa shape index (κ1) is 12.3. The van der Waals surface area contributed by atoms with Gasteiger partial charge in [-0.15, -0.1) is 0 Å². The Hall–Kier alpha value is -2.15. The van der Waals surface area contributed by atoms with Crippen LogP contribution in [0.5, 0.6) is 0 Å². The van der Waals surface area contributed by atoms with Gasteiger partial charge in [-0.1, -0.05) is 6.07 Å². The molecule has 0 fully saturated rings. The molecule has 1 aromatic heterocycles. The number of fused-ring (bicyclic) bond motifs is 1. The minimum atomic E-state index is -1.56. The van der Waals surface area contributed by atoms with Crippen molar-refractivity contribution >= 4 is 39.6 Å². The lowest BCUT2D eigenvalue weighted by atomic mass is 10.1. The lowest BCUT2D eigenvalue weighted by Crippen LogP contribution is -2.34. The molecule has 2 N–H and O–H groups in total. The summed E-state index contributed by atoms with van der Waals surface area (Å²) < 4.78 is 4.71. The molecule has 0 saturated carbocycles. The minimum absolute atomic E-state index is 0.0452. The van der Waals surface area contributed by atoms with Crippen LogP contribution in [0.25, 0.3) is 10.1 Å². The van der Waals surface area contributed by atoms with Crippen LogP contribution in [0.15, 0.2) is 12.1 Å². The summed E-state index contributed by atoms with van der Waals surface area (Å²) in [7, 11) is 0. The summed E-state index contributed by atoms with van der Waals surface area (Å²) in [4.78, 5) is 22.2. The standard InChI is InChI=1S/C11H10N2O4S/c1-5-3-4-7-8(6(5)2)9(12-18-7)13(10(14)15)11(16)17/h3-4H,1-2H3,(H,14,15)(H,16,17). The Kier molecular flexibility index (Phi) is 2.92. The monoisotopic (exact) mass is 266 g/mol. The van der Waals surface area contributed by atoms with E-state index in [4.69, 9.17) is 10.2 Å². The van der Waals surface area contributed by atoms with E-state index in [0.717, 1.165) is 27.4 Å². The Balaban J connectivity index is 2.75. The molecule has 18 heavy (non-hydrogen) atoms. The van der Waals surface area contributed by atoms with E-state index in [1.807, 2.05) is 19.9 Å². The largest absolute Gasteiger partial charge is 0.464 e. The number of carboxylic acid groups (broad SMARTS) is 2. The molecule has 0 aliphatic rings. The van der Waals surface area contributed by atoms with Crippen molar-refractivity contribution in [3.05, 3.63) is 23.3 Å². The van der Waals surface area contributed by atoms with Gasteiger partial charge in [0.05, 0.1) is 4.70 Å². The normalized spacial score (nSPS) is 10.6. The average molecular weight is 266 g/mol. The predicted molar refractivity (Wildman–Crippen MR) is 67.6 cm³/mol. The fraction of sp³-hybridized carbons (Fsp3) is 0.182. The van der Waals surface area contributed by atoms with Crippen LogP contribution in [0.2, 0.25) is 0 Å². The summed E-state index contributed by atoms with van der Waals surface area (Å²) in [5, 5.41) is 18.5. The van der Waals surface area contributed by atoms with Gasteiger partial charge in [0.25, 0.3) is 0 Å². The molecule has 2 amide bonds. The van der Waals surface area contributed by atoms with E-state index >= 15 is 0 Å². The molecule has 0 aliphatic carbocycles. The zero-order chi connectivity index (χ0) is 13.4. The number of imide groups is 1. The van der Waals surface area contributed by atoms with Crippen molar-refractivity contribution in [2.24, 2.45) is 0 Å². The fourth-order valence-electron chi connectivity index (χ4n) is 1.70. The van der Waals surface area contributed by atoms with Gasteiger partial charge in [0.1, 0.15) is 0 Å². The number of benzene rings is 1. The van der Waals surface area contributed by atoms with E-state index in [2.05, 4.69) is 4.37 Å². The van der Waals surface area contributed by atoms with Crippen LogP contribution in [0.4, 0.5) is 15.4 Å². The molecule has 2 rings (SSSR count). The van der Waals surface area contributed by atoms with Crippen molar-refractivity contribution in [2.75, 3.05) is 4.90 Å². The smallest absolute Gasteiger partial charge is 0.422 e. The number of hydrogen-bond donors (Lipinski definition) is 2. The summed E-state index contributed by atoms with van der Waals surface area (Å²) >= 11 is 1.08. The summed E-state index contributed by atoms with van der Waals surface area (Å²) in [6.45, 7) is 3.69. The molecule has 1 heterocycles. The second-order valence-corrected chi connectivity index (χ2v) is 4.59. The van der Waals surface area contributed by atoms with E-state index in [1.54, 1.807) is 6.07 Å². The highest BCUT2D eigenvalue weighted by Crippen LogP contribution is 2.33. The summed E-state index contributed by atoms with van der Waals surface area (Å²) in [6.07, 6.45) is -3.12. The third-order valence-electron chi connectivity index (χ3n) is 2.75. The van der Waals surface area contributed by atoms with E-state index in [9.17, 15) is 9.59 Å². The maximum absolute atomic E-state index is 11.0. The molecule has 0 radical (unpaired) electrons. The summed E-state index contributed by atoms with van der Waals surface area (Å²) in [5.74, 6) is -0.0452. The minimum Gasteiger partial charge on any atom is -0.464 e. The Morgan fingerprint density at radius 2 is 1.83 bits per heavy atom. The van der Waals surface area contributed by atoms with Crippen LogP contribution in [0.3, 0.4) is 0 Å². The van der Waals surface area contributed by atoms with Crippen molar-refractivity contribution in [1.82, 2.24) is 4.37 Å². The molecular formula is C11H10N2O4S. The molecule has 0 atom stereocenters. The van der Waals surface area contributed by atoms with Crippen molar-refractivity contribution in [2.45, 2.75) is 13.8 Å². The van der Waals surface area contributed by atoms with Crippen molar-refractivity contribution in [3.8, 4) is 0 Å². The zero-order valence-electron chi connectivity index (χ0n) is 9.67. The van der Waals surface area contributed by atoms with Crippen LogP contribution in [0, 0.1) is 13.8 Å².